The van der Waals surface area contributed by atoms with Crippen molar-refractivity contribution in [2.75, 3.05) is 28.6 Å². The molecular formula is C25H27N3O5S. The summed E-state index contributed by atoms with van der Waals surface area (Å²) in [6.45, 7) is 4.83. The van der Waals surface area contributed by atoms with E-state index in [4.69, 9.17) is 4.74 Å². The van der Waals surface area contributed by atoms with Gasteiger partial charge >= 0.3 is 0 Å². The maximum absolute atomic E-state index is 13.5. The first-order chi connectivity index (χ1) is 16.1. The van der Waals surface area contributed by atoms with Crippen LogP contribution in [0.5, 0.6) is 5.75 Å². The molecule has 0 unspecified atom stereocenters. The first-order valence-corrected chi connectivity index (χ1v) is 12.0. The molecule has 3 aromatic carbocycles. The van der Waals surface area contributed by atoms with Gasteiger partial charge in [-0.2, -0.15) is 0 Å². The summed E-state index contributed by atoms with van der Waals surface area (Å²) in [5.41, 5.74) is 3.46. The normalized spacial score (nSPS) is 10.9. The molecule has 3 rings (SSSR count). The molecule has 9 heteroatoms. The van der Waals surface area contributed by atoms with Crippen molar-refractivity contribution in [2.45, 2.75) is 25.7 Å². The number of benzene rings is 3. The minimum absolute atomic E-state index is 0.0172. The molecule has 0 aliphatic heterocycles. The molecule has 178 valence electrons. The van der Waals surface area contributed by atoms with Gasteiger partial charge in [0.2, 0.25) is 11.8 Å². The standard InChI is InChI=1S/C25H27N3O5S/c1-17-5-6-21(15-18(17)2)27-25(30)16-28(22-9-11-23(33-4)12-10-22)34(31,32)24-13-7-20(8-14-24)26-19(3)29/h5-15H,16H2,1-4H3,(H,26,29)(H,27,30). The quantitative estimate of drug-likeness (QED) is 0.504. The summed E-state index contributed by atoms with van der Waals surface area (Å²) in [6, 6.07) is 17.7. The largest absolute Gasteiger partial charge is 0.497 e. The molecular weight excluding hydrogens is 454 g/mol. The van der Waals surface area contributed by atoms with Gasteiger partial charge in [0.15, 0.2) is 0 Å². The summed E-state index contributed by atoms with van der Waals surface area (Å²) in [5.74, 6) is -0.198. The predicted octanol–water partition coefficient (Wildman–Crippen LogP) is 4.10. The van der Waals surface area contributed by atoms with Gasteiger partial charge in [-0.05, 0) is 85.6 Å². The summed E-state index contributed by atoms with van der Waals surface area (Å²) in [4.78, 5) is 24.1. The monoisotopic (exact) mass is 481 g/mol. The number of ether oxygens (including phenoxy) is 1. The Hall–Kier alpha value is -3.85. The number of methoxy groups -OCH3 is 1. The van der Waals surface area contributed by atoms with E-state index in [9.17, 15) is 18.0 Å². The van der Waals surface area contributed by atoms with E-state index in [0.717, 1.165) is 15.4 Å². The van der Waals surface area contributed by atoms with E-state index in [1.807, 2.05) is 26.0 Å². The molecule has 0 heterocycles. The summed E-state index contributed by atoms with van der Waals surface area (Å²) in [6.07, 6.45) is 0. The van der Waals surface area contributed by atoms with Crippen LogP contribution in [-0.4, -0.2) is 33.9 Å². The van der Waals surface area contributed by atoms with Crippen LogP contribution in [-0.2, 0) is 19.6 Å². The van der Waals surface area contributed by atoms with Gasteiger partial charge in [-0.1, -0.05) is 6.07 Å². The van der Waals surface area contributed by atoms with Gasteiger partial charge in [0.25, 0.3) is 10.0 Å². The summed E-state index contributed by atoms with van der Waals surface area (Å²) < 4.78 is 33.3. The van der Waals surface area contributed by atoms with Crippen LogP contribution in [0.15, 0.2) is 71.6 Å². The maximum Gasteiger partial charge on any atom is 0.264 e. The number of nitrogens with zero attached hydrogens (tertiary/aromatic N) is 1. The number of anilines is 3. The van der Waals surface area contributed by atoms with E-state index in [2.05, 4.69) is 10.6 Å². The fraction of sp³-hybridized carbons (Fsp3) is 0.200. The number of carbonyl (C=O) groups excluding carboxylic acids is 2. The van der Waals surface area contributed by atoms with E-state index in [0.29, 0.717) is 22.8 Å². The Labute approximate surface area is 199 Å². The van der Waals surface area contributed by atoms with Crippen LogP contribution < -0.4 is 19.7 Å². The van der Waals surface area contributed by atoms with E-state index >= 15 is 0 Å². The molecule has 2 amide bonds. The van der Waals surface area contributed by atoms with Crippen molar-refractivity contribution in [2.24, 2.45) is 0 Å². The Balaban J connectivity index is 1.92. The van der Waals surface area contributed by atoms with Gasteiger partial charge in [0.05, 0.1) is 17.7 Å². The first kappa shape index (κ1) is 24.8. The zero-order valence-electron chi connectivity index (χ0n) is 19.5. The maximum atomic E-state index is 13.5. The Bertz CT molecular complexity index is 1290. The molecule has 0 atom stereocenters. The highest BCUT2D eigenvalue weighted by atomic mass is 32.2. The average molecular weight is 482 g/mol. The Morgan fingerprint density at radius 2 is 1.47 bits per heavy atom. The Morgan fingerprint density at radius 3 is 2.03 bits per heavy atom. The minimum Gasteiger partial charge on any atom is -0.497 e. The third kappa shape index (κ3) is 5.93. The highest BCUT2D eigenvalue weighted by Crippen LogP contribution is 2.27. The van der Waals surface area contributed by atoms with Crippen LogP contribution in [0.2, 0.25) is 0 Å². The fourth-order valence-electron chi connectivity index (χ4n) is 3.25. The molecule has 2 N–H and O–H groups in total. The van der Waals surface area contributed by atoms with Crippen LogP contribution in [0.4, 0.5) is 17.1 Å². The second kappa shape index (κ2) is 10.4. The van der Waals surface area contributed by atoms with Crippen LogP contribution in [0.1, 0.15) is 18.1 Å². The molecule has 0 saturated heterocycles. The van der Waals surface area contributed by atoms with E-state index < -0.39 is 22.5 Å². The van der Waals surface area contributed by atoms with Crippen molar-refractivity contribution in [3.05, 3.63) is 77.9 Å². The topological polar surface area (TPSA) is 105 Å². The number of aryl methyl sites for hydroxylation is 2. The smallest absolute Gasteiger partial charge is 0.264 e. The van der Waals surface area contributed by atoms with Gasteiger partial charge in [0, 0.05) is 18.3 Å². The zero-order chi connectivity index (χ0) is 24.9. The Kier molecular flexibility index (Phi) is 7.57. The van der Waals surface area contributed by atoms with E-state index in [1.54, 1.807) is 30.3 Å². The van der Waals surface area contributed by atoms with Crippen molar-refractivity contribution in [1.29, 1.82) is 0 Å². The molecule has 34 heavy (non-hydrogen) atoms. The van der Waals surface area contributed by atoms with Crippen LogP contribution in [0, 0.1) is 13.8 Å². The van der Waals surface area contributed by atoms with Crippen molar-refractivity contribution in [3.8, 4) is 5.75 Å². The number of nitrogens with one attached hydrogen (secondary N) is 2. The second-order valence-corrected chi connectivity index (χ2v) is 9.62. The number of sulfonamides is 1. The molecule has 0 fully saturated rings. The lowest BCUT2D eigenvalue weighted by atomic mass is 10.1. The van der Waals surface area contributed by atoms with Crippen molar-refractivity contribution >= 4 is 38.9 Å². The second-order valence-electron chi connectivity index (χ2n) is 7.76. The fourth-order valence-corrected chi connectivity index (χ4v) is 4.68. The Morgan fingerprint density at radius 1 is 0.853 bits per heavy atom. The van der Waals surface area contributed by atoms with Crippen molar-refractivity contribution < 1.29 is 22.7 Å². The third-order valence-electron chi connectivity index (χ3n) is 5.20. The lowest BCUT2D eigenvalue weighted by molar-refractivity contribution is -0.115. The number of amides is 2. The average Bonchev–Trinajstić information content (AvgIpc) is 2.80. The first-order valence-electron chi connectivity index (χ1n) is 10.5. The third-order valence-corrected chi connectivity index (χ3v) is 6.99. The molecule has 0 saturated carbocycles. The molecule has 0 aromatic heterocycles. The van der Waals surface area contributed by atoms with Crippen molar-refractivity contribution in [3.63, 3.8) is 0 Å². The van der Waals surface area contributed by atoms with E-state index in [-0.39, 0.29) is 10.8 Å². The van der Waals surface area contributed by atoms with E-state index in [1.165, 1.54) is 38.3 Å². The highest BCUT2D eigenvalue weighted by Gasteiger charge is 2.27. The summed E-state index contributed by atoms with van der Waals surface area (Å²) in [7, 11) is -2.59. The van der Waals surface area contributed by atoms with Gasteiger partial charge in [-0.3, -0.25) is 13.9 Å². The SMILES string of the molecule is COc1ccc(N(CC(=O)Nc2ccc(C)c(C)c2)S(=O)(=O)c2ccc(NC(C)=O)cc2)cc1. The van der Waals surface area contributed by atoms with Gasteiger partial charge < -0.3 is 15.4 Å². The molecule has 0 aliphatic rings. The number of hydrogen-bond donors (Lipinski definition) is 2. The highest BCUT2D eigenvalue weighted by molar-refractivity contribution is 7.92. The summed E-state index contributed by atoms with van der Waals surface area (Å²) in [5, 5.41) is 5.37. The lowest BCUT2D eigenvalue weighted by Crippen LogP contribution is -2.38. The van der Waals surface area contributed by atoms with Gasteiger partial charge in [-0.25, -0.2) is 8.42 Å². The molecule has 0 spiro atoms. The molecule has 8 nitrogen and oxygen atoms in total. The minimum atomic E-state index is -4.10. The van der Waals surface area contributed by atoms with Crippen LogP contribution >= 0.6 is 0 Å². The number of rotatable bonds is 8. The number of carbonyl (C=O) groups is 2. The summed E-state index contributed by atoms with van der Waals surface area (Å²) >= 11 is 0. The van der Waals surface area contributed by atoms with Crippen LogP contribution in [0.3, 0.4) is 0 Å². The lowest BCUT2D eigenvalue weighted by Gasteiger charge is -2.24. The van der Waals surface area contributed by atoms with Gasteiger partial charge in [-0.15, -0.1) is 0 Å². The van der Waals surface area contributed by atoms with Crippen molar-refractivity contribution in [1.82, 2.24) is 0 Å². The van der Waals surface area contributed by atoms with Gasteiger partial charge in [0.1, 0.15) is 12.3 Å². The molecule has 0 radical (unpaired) electrons. The molecule has 0 aliphatic carbocycles. The van der Waals surface area contributed by atoms with Crippen LogP contribution in [0.25, 0.3) is 0 Å². The number of hydrogen-bond acceptors (Lipinski definition) is 5. The molecule has 0 bridgehead atoms. The zero-order valence-corrected chi connectivity index (χ0v) is 20.3. The predicted molar refractivity (Wildman–Crippen MR) is 133 cm³/mol. The molecule has 3 aromatic rings.